The highest BCUT2D eigenvalue weighted by molar-refractivity contribution is 5.64. The van der Waals surface area contributed by atoms with Crippen LogP contribution in [0.4, 0.5) is 4.79 Å². The molecule has 0 radical (unpaired) electrons. The van der Waals surface area contributed by atoms with E-state index < -0.39 is 6.09 Å². The Morgan fingerprint density at radius 2 is 2.15 bits per heavy atom. The predicted molar refractivity (Wildman–Crippen MR) is 50.5 cm³/mol. The van der Waals surface area contributed by atoms with Crippen LogP contribution >= 0.6 is 0 Å². The van der Waals surface area contributed by atoms with E-state index in [9.17, 15) is 4.79 Å². The lowest BCUT2D eigenvalue weighted by Crippen LogP contribution is -2.32. The molecule has 0 aliphatic heterocycles. The van der Waals surface area contributed by atoms with Crippen LogP contribution in [0.15, 0.2) is 0 Å². The standard InChI is InChI=1S/C9H18N2O2/c10-5-7-2-1-3-8(4-7)6-11-9(12)13/h7-8,11H,1-6,10H2,(H,12,13)/t7-,8-/m1/s1. The van der Waals surface area contributed by atoms with Crippen LogP contribution in [0, 0.1) is 11.8 Å². The molecule has 1 rings (SSSR count). The van der Waals surface area contributed by atoms with Crippen molar-refractivity contribution >= 4 is 6.09 Å². The van der Waals surface area contributed by atoms with Gasteiger partial charge in [-0.25, -0.2) is 4.79 Å². The smallest absolute Gasteiger partial charge is 0.404 e. The van der Waals surface area contributed by atoms with Crippen molar-refractivity contribution in [1.82, 2.24) is 5.32 Å². The quantitative estimate of drug-likeness (QED) is 0.616. The average Bonchev–Trinajstić information content (AvgIpc) is 2.15. The summed E-state index contributed by atoms with van der Waals surface area (Å²) in [6, 6.07) is 0. The monoisotopic (exact) mass is 186 g/mol. The fraction of sp³-hybridized carbons (Fsp3) is 0.889. The molecule has 1 saturated carbocycles. The van der Waals surface area contributed by atoms with Gasteiger partial charge < -0.3 is 16.2 Å². The van der Waals surface area contributed by atoms with E-state index in [1.165, 1.54) is 12.8 Å². The Morgan fingerprint density at radius 1 is 1.46 bits per heavy atom. The third kappa shape index (κ3) is 3.63. The van der Waals surface area contributed by atoms with E-state index in [4.69, 9.17) is 10.8 Å². The minimum absolute atomic E-state index is 0.499. The van der Waals surface area contributed by atoms with Crippen molar-refractivity contribution in [3.63, 3.8) is 0 Å². The molecule has 1 amide bonds. The Balaban J connectivity index is 2.21. The maximum atomic E-state index is 10.3. The largest absolute Gasteiger partial charge is 0.465 e. The number of nitrogens with two attached hydrogens (primary N) is 1. The molecule has 0 unspecified atom stereocenters. The molecule has 0 saturated heterocycles. The molecule has 0 aromatic rings. The Bertz CT molecular complexity index is 173. The van der Waals surface area contributed by atoms with Gasteiger partial charge in [0.05, 0.1) is 0 Å². The van der Waals surface area contributed by atoms with Crippen molar-refractivity contribution in [1.29, 1.82) is 0 Å². The molecule has 4 N–H and O–H groups in total. The van der Waals surface area contributed by atoms with E-state index >= 15 is 0 Å². The van der Waals surface area contributed by atoms with Crippen molar-refractivity contribution in [3.05, 3.63) is 0 Å². The average molecular weight is 186 g/mol. The molecule has 0 spiro atoms. The fourth-order valence-corrected chi connectivity index (χ4v) is 2.03. The van der Waals surface area contributed by atoms with Crippen molar-refractivity contribution in [2.45, 2.75) is 25.7 Å². The van der Waals surface area contributed by atoms with Crippen LogP contribution in [0.1, 0.15) is 25.7 Å². The van der Waals surface area contributed by atoms with Gasteiger partial charge in [-0.1, -0.05) is 6.42 Å². The van der Waals surface area contributed by atoms with Crippen molar-refractivity contribution in [2.24, 2.45) is 17.6 Å². The van der Waals surface area contributed by atoms with Gasteiger partial charge in [-0.2, -0.15) is 0 Å². The Morgan fingerprint density at radius 3 is 2.77 bits per heavy atom. The van der Waals surface area contributed by atoms with Crippen LogP contribution in [-0.4, -0.2) is 24.3 Å². The highest BCUT2D eigenvalue weighted by atomic mass is 16.4. The van der Waals surface area contributed by atoms with E-state index in [0.29, 0.717) is 18.4 Å². The van der Waals surface area contributed by atoms with Crippen LogP contribution in [-0.2, 0) is 0 Å². The summed E-state index contributed by atoms with van der Waals surface area (Å²) in [5, 5.41) is 10.9. The number of amides is 1. The van der Waals surface area contributed by atoms with E-state index in [0.717, 1.165) is 19.4 Å². The molecule has 2 atom stereocenters. The third-order valence-electron chi connectivity index (χ3n) is 2.77. The number of hydrogen-bond acceptors (Lipinski definition) is 2. The zero-order valence-corrected chi connectivity index (χ0v) is 7.83. The van der Waals surface area contributed by atoms with Gasteiger partial charge in [0.1, 0.15) is 0 Å². The highest BCUT2D eigenvalue weighted by Crippen LogP contribution is 2.27. The van der Waals surface area contributed by atoms with E-state index in [1.807, 2.05) is 0 Å². The van der Waals surface area contributed by atoms with Gasteiger partial charge in [-0.3, -0.25) is 0 Å². The van der Waals surface area contributed by atoms with Gasteiger partial charge >= 0.3 is 6.09 Å². The molecule has 76 valence electrons. The number of hydrogen-bond donors (Lipinski definition) is 3. The molecular formula is C9H18N2O2. The second-order valence-corrected chi connectivity index (χ2v) is 3.82. The van der Waals surface area contributed by atoms with Gasteiger partial charge in [0, 0.05) is 6.54 Å². The lowest BCUT2D eigenvalue weighted by atomic mass is 9.81. The van der Waals surface area contributed by atoms with Crippen LogP contribution in [0.2, 0.25) is 0 Å². The minimum Gasteiger partial charge on any atom is -0.465 e. The molecule has 1 aliphatic carbocycles. The number of carbonyl (C=O) groups is 1. The Hall–Kier alpha value is -0.770. The number of rotatable bonds is 3. The van der Waals surface area contributed by atoms with E-state index in [2.05, 4.69) is 5.32 Å². The predicted octanol–water partition coefficient (Wildman–Crippen LogP) is 1.02. The molecule has 0 aromatic heterocycles. The lowest BCUT2D eigenvalue weighted by molar-refractivity contribution is 0.187. The van der Waals surface area contributed by atoms with Gasteiger partial charge in [0.15, 0.2) is 0 Å². The summed E-state index contributed by atoms with van der Waals surface area (Å²) in [6.45, 7) is 1.33. The van der Waals surface area contributed by atoms with Crippen molar-refractivity contribution in [2.75, 3.05) is 13.1 Å². The van der Waals surface area contributed by atoms with E-state index in [1.54, 1.807) is 0 Å². The second kappa shape index (κ2) is 5.07. The zero-order valence-electron chi connectivity index (χ0n) is 7.83. The summed E-state index contributed by atoms with van der Waals surface area (Å²) < 4.78 is 0. The SMILES string of the molecule is NC[C@@H]1CCC[C@@H](CNC(=O)O)C1. The number of nitrogens with one attached hydrogen (secondary N) is 1. The summed E-state index contributed by atoms with van der Waals surface area (Å²) in [4.78, 5) is 10.3. The molecule has 13 heavy (non-hydrogen) atoms. The van der Waals surface area contributed by atoms with Gasteiger partial charge in [0.25, 0.3) is 0 Å². The summed E-state index contributed by atoms with van der Waals surface area (Å²) in [6.07, 6.45) is 3.69. The summed E-state index contributed by atoms with van der Waals surface area (Å²) >= 11 is 0. The first-order valence-electron chi connectivity index (χ1n) is 4.89. The zero-order chi connectivity index (χ0) is 9.68. The van der Waals surface area contributed by atoms with Gasteiger partial charge in [-0.15, -0.1) is 0 Å². The van der Waals surface area contributed by atoms with E-state index in [-0.39, 0.29) is 0 Å². The van der Waals surface area contributed by atoms with Crippen LogP contribution in [0.5, 0.6) is 0 Å². The highest BCUT2D eigenvalue weighted by Gasteiger charge is 2.20. The third-order valence-corrected chi connectivity index (χ3v) is 2.77. The lowest BCUT2D eigenvalue weighted by Gasteiger charge is -2.27. The normalized spacial score (nSPS) is 28.4. The molecule has 4 nitrogen and oxygen atoms in total. The molecule has 4 heteroatoms. The van der Waals surface area contributed by atoms with Crippen LogP contribution in [0.25, 0.3) is 0 Å². The maximum absolute atomic E-state index is 10.3. The first kappa shape index (κ1) is 10.3. The number of carboxylic acid groups (broad SMARTS) is 1. The van der Waals surface area contributed by atoms with Gasteiger partial charge in [-0.05, 0) is 37.6 Å². The molecule has 0 aromatic carbocycles. The van der Waals surface area contributed by atoms with Gasteiger partial charge in [0.2, 0.25) is 0 Å². The first-order valence-corrected chi connectivity index (χ1v) is 4.89. The molecule has 0 heterocycles. The van der Waals surface area contributed by atoms with Crippen molar-refractivity contribution in [3.8, 4) is 0 Å². The Labute approximate surface area is 78.5 Å². The molecule has 1 fully saturated rings. The minimum atomic E-state index is -0.921. The van der Waals surface area contributed by atoms with Crippen molar-refractivity contribution < 1.29 is 9.90 Å². The maximum Gasteiger partial charge on any atom is 0.404 e. The molecule has 0 bridgehead atoms. The first-order chi connectivity index (χ1) is 6.22. The Kier molecular flexibility index (Phi) is 4.02. The summed E-state index contributed by atoms with van der Waals surface area (Å²) in [5.74, 6) is 1.10. The second-order valence-electron chi connectivity index (χ2n) is 3.82. The molecule has 1 aliphatic rings. The van der Waals surface area contributed by atoms with Crippen LogP contribution in [0.3, 0.4) is 0 Å². The summed E-state index contributed by atoms with van der Waals surface area (Å²) in [7, 11) is 0. The fourth-order valence-electron chi connectivity index (χ4n) is 2.03. The topological polar surface area (TPSA) is 75.3 Å². The van der Waals surface area contributed by atoms with Crippen LogP contribution < -0.4 is 11.1 Å². The molecular weight excluding hydrogens is 168 g/mol. The summed E-state index contributed by atoms with van der Waals surface area (Å²) in [5.41, 5.74) is 5.58.